The lowest BCUT2D eigenvalue weighted by Crippen LogP contribution is -2.15. The van der Waals surface area contributed by atoms with Crippen molar-refractivity contribution in [2.24, 2.45) is 0 Å². The van der Waals surface area contributed by atoms with Crippen molar-refractivity contribution in [3.05, 3.63) is 30.6 Å². The fourth-order valence-electron chi connectivity index (χ4n) is 0.813. The summed E-state index contributed by atoms with van der Waals surface area (Å²) in [6.07, 6.45) is 1.03. The quantitative estimate of drug-likeness (QED) is 0.732. The van der Waals surface area contributed by atoms with E-state index in [1.807, 2.05) is 0 Å². The number of alkyl halides is 1. The molecule has 5 heteroatoms. The molecule has 0 N–H and O–H groups in total. The van der Waals surface area contributed by atoms with Crippen LogP contribution in [0.25, 0.3) is 6.08 Å². The number of hydrogen-bond acceptors (Lipinski definition) is 3. The summed E-state index contributed by atoms with van der Waals surface area (Å²) >= 11 is 0. The highest BCUT2D eigenvalue weighted by Gasteiger charge is 2.08. The predicted octanol–water partition coefficient (Wildman–Crippen LogP) is 2.30. The molecule has 0 aromatic carbocycles. The smallest absolute Gasteiger partial charge is 0.265 e. The molecule has 1 unspecified atom stereocenters. The Hall–Kier alpha value is -1.49. The molecule has 14 heavy (non-hydrogen) atoms. The van der Waals surface area contributed by atoms with Gasteiger partial charge in [-0.05, 0) is 22.7 Å². The van der Waals surface area contributed by atoms with Crippen LogP contribution in [0, 0.1) is 0 Å². The second-order valence-corrected chi connectivity index (χ2v) is 2.43. The summed E-state index contributed by atoms with van der Waals surface area (Å²) < 4.78 is 28.5. The molecule has 0 aliphatic heterocycles. The van der Waals surface area contributed by atoms with Gasteiger partial charge in [0.25, 0.3) is 6.36 Å². The predicted molar refractivity (Wildman–Crippen MR) is 46.9 cm³/mol. The van der Waals surface area contributed by atoms with Crippen LogP contribution in [0.1, 0.15) is 5.69 Å². The SMILES string of the molecule is C=Cc1ccc(OC(F)COF)cn1. The zero-order valence-corrected chi connectivity index (χ0v) is 7.32. The van der Waals surface area contributed by atoms with Gasteiger partial charge in [-0.25, -0.2) is 0 Å². The van der Waals surface area contributed by atoms with Crippen molar-refractivity contribution < 1.29 is 18.6 Å². The lowest BCUT2D eigenvalue weighted by Gasteiger charge is -2.08. The van der Waals surface area contributed by atoms with Crippen LogP contribution >= 0.6 is 0 Å². The van der Waals surface area contributed by atoms with Crippen LogP contribution < -0.4 is 4.74 Å². The van der Waals surface area contributed by atoms with E-state index in [1.54, 1.807) is 12.1 Å². The van der Waals surface area contributed by atoms with Crippen molar-refractivity contribution in [1.82, 2.24) is 4.98 Å². The summed E-state index contributed by atoms with van der Waals surface area (Å²) in [5.74, 6) is 0.208. The van der Waals surface area contributed by atoms with Crippen molar-refractivity contribution >= 4 is 6.08 Å². The topological polar surface area (TPSA) is 31.4 Å². The first-order valence-electron chi connectivity index (χ1n) is 3.89. The van der Waals surface area contributed by atoms with Crippen molar-refractivity contribution in [3.8, 4) is 5.75 Å². The van der Waals surface area contributed by atoms with Crippen LogP contribution in [0.4, 0.5) is 8.92 Å². The summed E-state index contributed by atoms with van der Waals surface area (Å²) in [4.78, 5) is 6.95. The lowest BCUT2D eigenvalue weighted by atomic mass is 10.3. The zero-order chi connectivity index (χ0) is 10.4. The third-order valence-corrected chi connectivity index (χ3v) is 1.43. The maximum absolute atomic E-state index is 12.6. The maximum atomic E-state index is 12.6. The molecule has 0 amide bonds. The highest BCUT2D eigenvalue weighted by Crippen LogP contribution is 2.12. The normalized spacial score (nSPS) is 12.1. The summed E-state index contributed by atoms with van der Waals surface area (Å²) in [5, 5.41) is 0. The van der Waals surface area contributed by atoms with Crippen molar-refractivity contribution in [3.63, 3.8) is 0 Å². The molecular formula is C9H9F2NO2. The lowest BCUT2D eigenvalue weighted by molar-refractivity contribution is -0.173. The molecule has 1 aromatic heterocycles. The second kappa shape index (κ2) is 5.29. The molecule has 0 spiro atoms. The highest BCUT2D eigenvalue weighted by atomic mass is 19.3. The molecule has 1 atom stereocenters. The Kier molecular flexibility index (Phi) is 4.00. The molecule has 0 saturated carbocycles. The van der Waals surface area contributed by atoms with Gasteiger partial charge in [-0.2, -0.15) is 9.33 Å². The van der Waals surface area contributed by atoms with Gasteiger partial charge >= 0.3 is 0 Å². The number of hydrogen-bond donors (Lipinski definition) is 0. The van der Waals surface area contributed by atoms with E-state index in [9.17, 15) is 8.92 Å². The highest BCUT2D eigenvalue weighted by molar-refractivity contribution is 5.42. The Labute approximate surface area is 79.9 Å². The van der Waals surface area contributed by atoms with E-state index in [2.05, 4.69) is 21.2 Å². The van der Waals surface area contributed by atoms with Crippen LogP contribution in [0.3, 0.4) is 0 Å². The molecule has 0 bridgehead atoms. The van der Waals surface area contributed by atoms with Crippen LogP contribution in [-0.2, 0) is 4.94 Å². The second-order valence-electron chi connectivity index (χ2n) is 2.43. The van der Waals surface area contributed by atoms with Gasteiger partial charge in [-0.15, -0.1) is 0 Å². The van der Waals surface area contributed by atoms with E-state index in [0.717, 1.165) is 0 Å². The molecule has 1 heterocycles. The van der Waals surface area contributed by atoms with E-state index in [-0.39, 0.29) is 5.75 Å². The Balaban J connectivity index is 2.55. The first kappa shape index (κ1) is 10.6. The van der Waals surface area contributed by atoms with E-state index >= 15 is 0 Å². The van der Waals surface area contributed by atoms with E-state index < -0.39 is 13.0 Å². The average molecular weight is 201 g/mol. The van der Waals surface area contributed by atoms with E-state index in [1.165, 1.54) is 12.3 Å². The van der Waals surface area contributed by atoms with Crippen LogP contribution in [0.15, 0.2) is 24.9 Å². The standard InChI is InChI=1S/C9H9F2NO2/c1-2-7-3-4-8(5-12-7)14-9(10)6-13-11/h2-5,9H,1,6H2. The van der Waals surface area contributed by atoms with E-state index in [0.29, 0.717) is 5.69 Å². The zero-order valence-electron chi connectivity index (χ0n) is 7.32. The Bertz CT molecular complexity index is 289. The molecule has 1 rings (SSSR count). The molecule has 0 saturated heterocycles. The Morgan fingerprint density at radius 1 is 1.57 bits per heavy atom. The number of halogens is 2. The van der Waals surface area contributed by atoms with Crippen LogP contribution in [0.2, 0.25) is 0 Å². The molecule has 1 aromatic rings. The summed E-state index contributed by atoms with van der Waals surface area (Å²) in [6, 6.07) is 3.11. The maximum Gasteiger partial charge on any atom is 0.265 e. The molecular weight excluding hydrogens is 192 g/mol. The third-order valence-electron chi connectivity index (χ3n) is 1.43. The Morgan fingerprint density at radius 2 is 2.36 bits per heavy atom. The average Bonchev–Trinajstić information content (AvgIpc) is 2.19. The Morgan fingerprint density at radius 3 is 2.86 bits per heavy atom. The van der Waals surface area contributed by atoms with Crippen molar-refractivity contribution in [1.29, 1.82) is 0 Å². The summed E-state index contributed by atoms with van der Waals surface area (Å²) in [6.45, 7) is 2.74. The molecule has 0 fully saturated rings. The minimum Gasteiger partial charge on any atom is -0.456 e. The minimum atomic E-state index is -1.84. The largest absolute Gasteiger partial charge is 0.456 e. The summed E-state index contributed by atoms with van der Waals surface area (Å²) in [7, 11) is 0. The van der Waals surface area contributed by atoms with Gasteiger partial charge in [0.1, 0.15) is 5.75 Å². The van der Waals surface area contributed by atoms with Crippen molar-refractivity contribution in [2.45, 2.75) is 6.36 Å². The molecule has 0 radical (unpaired) electrons. The van der Waals surface area contributed by atoms with E-state index in [4.69, 9.17) is 0 Å². The molecule has 76 valence electrons. The number of ether oxygens (including phenoxy) is 1. The van der Waals surface area contributed by atoms with Gasteiger partial charge in [0.05, 0.1) is 11.9 Å². The number of rotatable bonds is 5. The van der Waals surface area contributed by atoms with Gasteiger partial charge in [-0.1, -0.05) is 6.58 Å². The van der Waals surface area contributed by atoms with Gasteiger partial charge in [0.2, 0.25) is 0 Å². The molecule has 0 aliphatic carbocycles. The van der Waals surface area contributed by atoms with Crippen LogP contribution in [0.5, 0.6) is 5.75 Å². The third kappa shape index (κ3) is 3.10. The number of nitrogens with zero attached hydrogens (tertiary/aromatic N) is 1. The molecule has 0 aliphatic rings. The van der Waals surface area contributed by atoms with Crippen molar-refractivity contribution in [2.75, 3.05) is 6.61 Å². The summed E-state index contributed by atoms with van der Waals surface area (Å²) in [5.41, 5.74) is 0.648. The number of aromatic nitrogens is 1. The fourth-order valence-corrected chi connectivity index (χ4v) is 0.813. The van der Waals surface area contributed by atoms with Gasteiger partial charge in [0, 0.05) is 0 Å². The first-order chi connectivity index (χ1) is 6.76. The number of pyridine rings is 1. The van der Waals surface area contributed by atoms with Gasteiger partial charge < -0.3 is 4.74 Å². The molecule has 3 nitrogen and oxygen atoms in total. The fraction of sp³-hybridized carbons (Fsp3) is 0.222. The van der Waals surface area contributed by atoms with Gasteiger partial charge in [-0.3, -0.25) is 4.98 Å². The minimum absolute atomic E-state index is 0.208. The monoisotopic (exact) mass is 201 g/mol. The first-order valence-corrected chi connectivity index (χ1v) is 3.89. The van der Waals surface area contributed by atoms with Gasteiger partial charge in [0.15, 0.2) is 6.61 Å². The van der Waals surface area contributed by atoms with Crippen LogP contribution in [-0.4, -0.2) is 17.9 Å².